The summed E-state index contributed by atoms with van der Waals surface area (Å²) in [6, 6.07) is 0. The molecule has 0 rings (SSSR count). The quantitative estimate of drug-likeness (QED) is 0.399. The van der Waals surface area contributed by atoms with E-state index in [0.29, 0.717) is 0 Å². The van der Waals surface area contributed by atoms with Crippen LogP contribution in [-0.2, 0) is 21.7 Å². The molecule has 0 spiro atoms. The molecule has 4 radical (unpaired) electrons. The SMILES string of the molecule is C.[Ca].[Mg].[Ti]. The van der Waals surface area contributed by atoms with Crippen LogP contribution in [0.1, 0.15) is 7.43 Å². The molecule has 0 aromatic carbocycles. The minimum atomic E-state index is 0. The zero-order valence-corrected chi connectivity index (χ0v) is 7.10. The zero-order chi connectivity index (χ0) is 0. The van der Waals surface area contributed by atoms with Gasteiger partial charge in [-0.05, 0) is 0 Å². The molecule has 3 heteroatoms. The fraction of sp³-hybridized carbons (Fsp3) is 1.00. The molecule has 0 N–H and O–H groups in total. The van der Waals surface area contributed by atoms with Gasteiger partial charge < -0.3 is 0 Å². The molecule has 0 aliphatic carbocycles. The second-order valence-corrected chi connectivity index (χ2v) is 0. The summed E-state index contributed by atoms with van der Waals surface area (Å²) in [5.74, 6) is 0. The van der Waals surface area contributed by atoms with Gasteiger partial charge in [0.25, 0.3) is 0 Å². The van der Waals surface area contributed by atoms with Gasteiger partial charge in [-0.1, -0.05) is 7.43 Å². The van der Waals surface area contributed by atoms with Gasteiger partial charge in [0.05, 0.1) is 0 Å². The molecule has 0 unspecified atom stereocenters. The molecule has 16 valence electrons. The van der Waals surface area contributed by atoms with Gasteiger partial charge in [-0.25, -0.2) is 0 Å². The van der Waals surface area contributed by atoms with Crippen molar-refractivity contribution in [3.8, 4) is 0 Å². The molecule has 0 saturated carbocycles. The summed E-state index contributed by atoms with van der Waals surface area (Å²) in [5, 5.41) is 0. The van der Waals surface area contributed by atoms with E-state index in [-0.39, 0.29) is 89.9 Å². The van der Waals surface area contributed by atoms with E-state index in [1.165, 1.54) is 0 Å². The van der Waals surface area contributed by atoms with E-state index in [4.69, 9.17) is 0 Å². The van der Waals surface area contributed by atoms with E-state index in [0.717, 1.165) is 0 Å². The predicted molar refractivity (Wildman–Crippen MR) is 18.2 cm³/mol. The minimum Gasteiger partial charge on any atom is -0.0776 e. The van der Waals surface area contributed by atoms with Crippen LogP contribution in [0.25, 0.3) is 0 Å². The third-order valence-electron chi connectivity index (χ3n) is 0. The van der Waals surface area contributed by atoms with Crippen molar-refractivity contribution in [2.45, 2.75) is 7.43 Å². The first-order valence-corrected chi connectivity index (χ1v) is 0. The third kappa shape index (κ3) is 8.83. The average Bonchev–Trinajstić information content (AvgIpc) is 0. The van der Waals surface area contributed by atoms with Crippen molar-refractivity contribution in [3.63, 3.8) is 0 Å². The summed E-state index contributed by atoms with van der Waals surface area (Å²) in [7, 11) is 0. The van der Waals surface area contributed by atoms with Crippen LogP contribution in [-0.4, -0.2) is 60.8 Å². The zero-order valence-electron chi connectivity index (χ0n) is 1.91. The van der Waals surface area contributed by atoms with Crippen LogP contribution < -0.4 is 0 Å². The maximum absolute atomic E-state index is 0. The minimum absolute atomic E-state index is 0. The van der Waals surface area contributed by atoms with E-state index >= 15 is 0 Å². The molecule has 0 nitrogen and oxygen atoms in total. The molecule has 4 heavy (non-hydrogen) atoms. The van der Waals surface area contributed by atoms with Gasteiger partial charge in [-0.2, -0.15) is 0 Å². The van der Waals surface area contributed by atoms with Gasteiger partial charge in [0.15, 0.2) is 0 Å². The number of hydrogen-bond acceptors (Lipinski definition) is 0. The largest absolute Gasteiger partial charge is 0.0776 e. The second kappa shape index (κ2) is 17.2. The Morgan fingerprint density at radius 2 is 1.00 bits per heavy atom. The van der Waals surface area contributed by atoms with Crippen LogP contribution in [0.15, 0.2) is 0 Å². The normalized spacial score (nSPS) is 0. The Balaban J connectivity index is 0. The molecule has 0 atom stereocenters. The van der Waals surface area contributed by atoms with Crippen molar-refractivity contribution >= 4 is 60.8 Å². The summed E-state index contributed by atoms with van der Waals surface area (Å²) >= 11 is 0. The van der Waals surface area contributed by atoms with Gasteiger partial charge >= 0.3 is 0 Å². The first-order valence-electron chi connectivity index (χ1n) is 0. The molecule has 0 fully saturated rings. The summed E-state index contributed by atoms with van der Waals surface area (Å²) in [5.41, 5.74) is 0. The molecular weight excluding hydrogens is 124 g/mol. The fourth-order valence-electron chi connectivity index (χ4n) is 0. The van der Waals surface area contributed by atoms with Gasteiger partial charge in [-0.15, -0.1) is 0 Å². The van der Waals surface area contributed by atoms with Crippen molar-refractivity contribution in [3.05, 3.63) is 0 Å². The molecule has 0 heterocycles. The maximum Gasteiger partial charge on any atom is 0 e. The number of rotatable bonds is 0. The Morgan fingerprint density at radius 3 is 1.00 bits per heavy atom. The van der Waals surface area contributed by atoms with Crippen LogP contribution in [0.4, 0.5) is 0 Å². The number of hydrogen-bond donors (Lipinski definition) is 0. The standard InChI is InChI=1S/CH4.Ca.Mg.Ti/h1H4;;;. The van der Waals surface area contributed by atoms with Crippen LogP contribution >= 0.6 is 0 Å². The first kappa shape index (κ1) is 29.6. The summed E-state index contributed by atoms with van der Waals surface area (Å²) in [4.78, 5) is 0. The summed E-state index contributed by atoms with van der Waals surface area (Å²) < 4.78 is 0. The topological polar surface area (TPSA) is 0 Å². The molecule has 0 aliphatic heterocycles. The third-order valence-corrected chi connectivity index (χ3v) is 0. The van der Waals surface area contributed by atoms with E-state index in [1.807, 2.05) is 0 Å². The maximum atomic E-state index is 0. The predicted octanol–water partition coefficient (Wildman–Crippen LogP) is -0.128. The van der Waals surface area contributed by atoms with Crippen molar-refractivity contribution < 1.29 is 21.7 Å². The van der Waals surface area contributed by atoms with E-state index in [1.54, 1.807) is 0 Å². The van der Waals surface area contributed by atoms with E-state index in [9.17, 15) is 0 Å². The molecule has 0 amide bonds. The summed E-state index contributed by atoms with van der Waals surface area (Å²) in [6.45, 7) is 0. The van der Waals surface area contributed by atoms with Gasteiger partial charge in [0.1, 0.15) is 0 Å². The molecule has 0 saturated heterocycles. The van der Waals surface area contributed by atoms with Crippen LogP contribution in [0.3, 0.4) is 0 Å². The smallest absolute Gasteiger partial charge is 0 e. The first-order chi connectivity index (χ1) is 0. The Labute approximate surface area is 88.1 Å². The second-order valence-electron chi connectivity index (χ2n) is 0. The fourth-order valence-corrected chi connectivity index (χ4v) is 0. The van der Waals surface area contributed by atoms with Crippen molar-refractivity contribution in [1.82, 2.24) is 0 Å². The van der Waals surface area contributed by atoms with Gasteiger partial charge in [-0.3, -0.25) is 0 Å². The molecule has 0 aliphatic rings. The van der Waals surface area contributed by atoms with E-state index in [2.05, 4.69) is 0 Å². The molecule has 0 bridgehead atoms. The average molecular weight is 128 g/mol. The van der Waals surface area contributed by atoms with Crippen molar-refractivity contribution in [2.24, 2.45) is 0 Å². The Kier molecular flexibility index (Phi) is 127. The molecule has 0 aromatic heterocycles. The Morgan fingerprint density at radius 1 is 1.00 bits per heavy atom. The van der Waals surface area contributed by atoms with Crippen molar-refractivity contribution in [1.29, 1.82) is 0 Å². The molecular formula is CH4CaMgTi. The molecule has 0 aromatic rings. The summed E-state index contributed by atoms with van der Waals surface area (Å²) in [6.07, 6.45) is 0. The van der Waals surface area contributed by atoms with Gasteiger partial charge in [0, 0.05) is 82.5 Å². The van der Waals surface area contributed by atoms with Crippen molar-refractivity contribution in [2.75, 3.05) is 0 Å². The van der Waals surface area contributed by atoms with Gasteiger partial charge in [0.2, 0.25) is 0 Å². The Bertz CT molecular complexity index is 8.00. The van der Waals surface area contributed by atoms with Crippen LogP contribution in [0, 0.1) is 0 Å². The Hall–Kier alpha value is 2.74. The van der Waals surface area contributed by atoms with E-state index < -0.39 is 0 Å². The monoisotopic (exact) mass is 128 g/mol. The van der Waals surface area contributed by atoms with Crippen LogP contribution in [0.2, 0.25) is 0 Å². The van der Waals surface area contributed by atoms with Crippen LogP contribution in [0.5, 0.6) is 0 Å².